The van der Waals surface area contributed by atoms with Gasteiger partial charge in [0, 0.05) is 30.9 Å². The van der Waals surface area contributed by atoms with Crippen molar-refractivity contribution in [2.45, 2.75) is 58.3 Å². The Morgan fingerprint density at radius 1 is 1.28 bits per heavy atom. The first-order valence-electron chi connectivity index (χ1n) is 8.65. The highest BCUT2D eigenvalue weighted by molar-refractivity contribution is 5.74. The summed E-state index contributed by atoms with van der Waals surface area (Å²) in [5.74, 6) is -0.0249. The van der Waals surface area contributed by atoms with E-state index in [1.54, 1.807) is 19.3 Å². The van der Waals surface area contributed by atoms with Gasteiger partial charge < -0.3 is 20.1 Å². The van der Waals surface area contributed by atoms with E-state index in [1.165, 1.54) is 6.92 Å². The lowest BCUT2D eigenvalue weighted by atomic mass is 9.94. The third kappa shape index (κ3) is 5.97. The monoisotopic (exact) mass is 350 g/mol. The van der Waals surface area contributed by atoms with E-state index in [0.29, 0.717) is 19.0 Å². The van der Waals surface area contributed by atoms with Gasteiger partial charge in [0.15, 0.2) is 0 Å². The smallest absolute Gasteiger partial charge is 0.325 e. The molecule has 0 radical (unpaired) electrons. The molecule has 2 rings (SSSR count). The zero-order valence-electron chi connectivity index (χ0n) is 14.9. The highest BCUT2D eigenvalue weighted by Gasteiger charge is 2.30. The van der Waals surface area contributed by atoms with Crippen molar-refractivity contribution in [1.82, 2.24) is 15.3 Å². The highest BCUT2D eigenvalue weighted by Crippen LogP contribution is 2.32. The third-order valence-electron chi connectivity index (χ3n) is 4.01. The minimum atomic E-state index is -0.352. The van der Waals surface area contributed by atoms with Gasteiger partial charge in [0.05, 0.1) is 18.8 Å². The summed E-state index contributed by atoms with van der Waals surface area (Å²) in [7, 11) is 0. The Morgan fingerprint density at radius 2 is 2.00 bits per heavy atom. The van der Waals surface area contributed by atoms with Crippen LogP contribution < -0.4 is 10.6 Å². The number of nitrogens with one attached hydrogen (secondary N) is 2. The van der Waals surface area contributed by atoms with E-state index in [-0.39, 0.29) is 36.7 Å². The molecule has 2 heterocycles. The molecule has 1 aromatic heterocycles. The fourth-order valence-corrected chi connectivity index (χ4v) is 2.86. The molecule has 0 unspecified atom stereocenters. The predicted octanol–water partition coefficient (Wildman–Crippen LogP) is 1.59. The maximum Gasteiger partial charge on any atom is 0.325 e. The summed E-state index contributed by atoms with van der Waals surface area (Å²) in [6.07, 6.45) is 5.70. The molecule has 1 saturated heterocycles. The van der Waals surface area contributed by atoms with E-state index < -0.39 is 0 Å². The van der Waals surface area contributed by atoms with Gasteiger partial charge in [-0.25, -0.2) is 9.97 Å². The van der Waals surface area contributed by atoms with Gasteiger partial charge in [-0.05, 0) is 26.2 Å². The lowest BCUT2D eigenvalue weighted by molar-refractivity contribution is -0.141. The molecule has 0 saturated carbocycles. The molecule has 8 heteroatoms. The summed E-state index contributed by atoms with van der Waals surface area (Å²) in [5, 5.41) is 5.80. The van der Waals surface area contributed by atoms with Crippen molar-refractivity contribution in [3.8, 4) is 0 Å². The molecule has 1 aliphatic rings. The van der Waals surface area contributed by atoms with Crippen LogP contribution in [0, 0.1) is 0 Å². The molecule has 3 atom stereocenters. The fraction of sp³-hybridized carbons (Fsp3) is 0.647. The lowest BCUT2D eigenvalue weighted by Gasteiger charge is -2.35. The van der Waals surface area contributed by atoms with Crippen molar-refractivity contribution >= 4 is 17.8 Å². The SMILES string of the molecule is CCOC(=O)CNc1ncc([C@@H]2C[C@H](NC(C)=O)C[C@H](CC)O2)cn1. The number of amides is 1. The standard InChI is InChI=1S/C17H26N4O4/c1-4-14-6-13(21-11(3)22)7-15(25-14)12-8-18-17(19-9-12)20-10-16(23)24-5-2/h8-9,13-15H,4-7,10H2,1-3H3,(H,21,22)(H,18,19,20)/t13-,14+,15+/m1/s1. The average molecular weight is 350 g/mol. The van der Waals surface area contributed by atoms with Crippen molar-refractivity contribution < 1.29 is 19.1 Å². The van der Waals surface area contributed by atoms with Crippen LogP contribution >= 0.6 is 0 Å². The molecular formula is C17H26N4O4. The highest BCUT2D eigenvalue weighted by atomic mass is 16.5. The van der Waals surface area contributed by atoms with Crippen molar-refractivity contribution in [3.63, 3.8) is 0 Å². The number of hydrogen-bond donors (Lipinski definition) is 2. The van der Waals surface area contributed by atoms with Crippen molar-refractivity contribution in [2.24, 2.45) is 0 Å². The van der Waals surface area contributed by atoms with Gasteiger partial charge in [0.25, 0.3) is 0 Å². The van der Waals surface area contributed by atoms with E-state index in [9.17, 15) is 9.59 Å². The van der Waals surface area contributed by atoms with Crippen LogP contribution in [0.15, 0.2) is 12.4 Å². The van der Waals surface area contributed by atoms with Crippen LogP contribution in [-0.2, 0) is 19.1 Å². The van der Waals surface area contributed by atoms with Crippen LogP contribution in [0.3, 0.4) is 0 Å². The number of aromatic nitrogens is 2. The maximum absolute atomic E-state index is 11.3. The summed E-state index contributed by atoms with van der Waals surface area (Å²) in [4.78, 5) is 31.1. The topological polar surface area (TPSA) is 102 Å². The summed E-state index contributed by atoms with van der Waals surface area (Å²) in [5.41, 5.74) is 0.857. The minimum Gasteiger partial charge on any atom is -0.465 e. The zero-order chi connectivity index (χ0) is 18.2. The molecule has 8 nitrogen and oxygen atoms in total. The van der Waals surface area contributed by atoms with Crippen LogP contribution in [0.1, 0.15) is 51.7 Å². The van der Waals surface area contributed by atoms with E-state index in [2.05, 4.69) is 27.5 Å². The lowest BCUT2D eigenvalue weighted by Crippen LogP contribution is -2.42. The Kier molecular flexibility index (Phi) is 7.12. The summed E-state index contributed by atoms with van der Waals surface area (Å²) in [6, 6.07) is 0.0859. The van der Waals surface area contributed by atoms with Crippen molar-refractivity contribution in [1.29, 1.82) is 0 Å². The van der Waals surface area contributed by atoms with Crippen LogP contribution in [0.2, 0.25) is 0 Å². The maximum atomic E-state index is 11.3. The molecule has 1 aliphatic heterocycles. The molecule has 0 spiro atoms. The van der Waals surface area contributed by atoms with Gasteiger partial charge in [-0.1, -0.05) is 6.92 Å². The normalized spacial score (nSPS) is 22.9. The fourth-order valence-electron chi connectivity index (χ4n) is 2.86. The van der Waals surface area contributed by atoms with E-state index in [4.69, 9.17) is 9.47 Å². The summed E-state index contributed by atoms with van der Waals surface area (Å²) < 4.78 is 10.9. The Balaban J connectivity index is 1.97. The van der Waals surface area contributed by atoms with Gasteiger partial charge >= 0.3 is 5.97 Å². The number of anilines is 1. The molecule has 25 heavy (non-hydrogen) atoms. The Bertz CT molecular complexity index is 579. The first kappa shape index (κ1) is 19.1. The van der Waals surface area contributed by atoms with Crippen LogP contribution in [-0.4, -0.2) is 47.1 Å². The first-order chi connectivity index (χ1) is 12.0. The van der Waals surface area contributed by atoms with Gasteiger partial charge in [0.2, 0.25) is 11.9 Å². The van der Waals surface area contributed by atoms with Gasteiger partial charge in [0.1, 0.15) is 6.54 Å². The first-order valence-corrected chi connectivity index (χ1v) is 8.65. The molecule has 2 N–H and O–H groups in total. The number of rotatable bonds is 7. The number of carbonyl (C=O) groups is 2. The van der Waals surface area contributed by atoms with Crippen molar-refractivity contribution in [2.75, 3.05) is 18.5 Å². The van der Waals surface area contributed by atoms with Gasteiger partial charge in [-0.3, -0.25) is 9.59 Å². The summed E-state index contributed by atoms with van der Waals surface area (Å²) >= 11 is 0. The second kappa shape index (κ2) is 9.31. The van der Waals surface area contributed by atoms with E-state index >= 15 is 0 Å². The molecule has 0 aliphatic carbocycles. The number of nitrogens with zero attached hydrogens (tertiary/aromatic N) is 2. The minimum absolute atomic E-state index is 0.0234. The average Bonchev–Trinajstić information content (AvgIpc) is 2.59. The van der Waals surface area contributed by atoms with Gasteiger partial charge in [-0.2, -0.15) is 0 Å². The summed E-state index contributed by atoms with van der Waals surface area (Å²) in [6.45, 7) is 5.71. The second-order valence-electron chi connectivity index (χ2n) is 6.02. The molecule has 1 amide bonds. The van der Waals surface area contributed by atoms with Crippen LogP contribution in [0.5, 0.6) is 0 Å². The number of carbonyl (C=O) groups excluding carboxylic acids is 2. The van der Waals surface area contributed by atoms with E-state index in [0.717, 1.165) is 18.4 Å². The number of esters is 1. The molecule has 0 aromatic carbocycles. The quantitative estimate of drug-likeness (QED) is 0.720. The molecule has 138 valence electrons. The second-order valence-corrected chi connectivity index (χ2v) is 6.02. The van der Waals surface area contributed by atoms with Crippen LogP contribution in [0.25, 0.3) is 0 Å². The van der Waals surface area contributed by atoms with Crippen molar-refractivity contribution in [3.05, 3.63) is 18.0 Å². The largest absolute Gasteiger partial charge is 0.465 e. The molecule has 1 aromatic rings. The van der Waals surface area contributed by atoms with Crippen LogP contribution in [0.4, 0.5) is 5.95 Å². The Morgan fingerprint density at radius 3 is 2.60 bits per heavy atom. The molecule has 0 bridgehead atoms. The molecule has 1 fully saturated rings. The third-order valence-corrected chi connectivity index (χ3v) is 4.01. The van der Waals surface area contributed by atoms with E-state index in [1.807, 2.05) is 0 Å². The molecular weight excluding hydrogens is 324 g/mol. The van der Waals surface area contributed by atoms with Gasteiger partial charge in [-0.15, -0.1) is 0 Å². The Labute approximate surface area is 147 Å². The number of hydrogen-bond acceptors (Lipinski definition) is 7. The Hall–Kier alpha value is -2.22. The number of ether oxygens (including phenoxy) is 2. The predicted molar refractivity (Wildman–Crippen MR) is 91.9 cm³/mol. The zero-order valence-corrected chi connectivity index (χ0v) is 14.9.